The molecule has 3 heteroatoms. The second-order valence-corrected chi connectivity index (χ2v) is 10.1. The Morgan fingerprint density at radius 2 is 1.38 bits per heavy atom. The van der Waals surface area contributed by atoms with Crippen LogP contribution in [-0.2, 0) is 23.8 Å². The van der Waals surface area contributed by atoms with Gasteiger partial charge in [0, 0.05) is 6.54 Å². The molecular formula is C21H37NOS. The second-order valence-electron chi connectivity index (χ2n) is 7.80. The van der Waals surface area contributed by atoms with Crippen molar-refractivity contribution >= 4 is 11.0 Å². The van der Waals surface area contributed by atoms with E-state index < -0.39 is 11.0 Å². The summed E-state index contributed by atoms with van der Waals surface area (Å²) < 4.78 is 14.0. The molecule has 2 nitrogen and oxygen atoms in total. The zero-order valence-electron chi connectivity index (χ0n) is 16.4. The Bertz CT molecular complexity index is 476. The SMILES string of the molecule is CCCCc1ccc(CCCCCCN(C)S(=O)C(C)(C)C)cc1. The van der Waals surface area contributed by atoms with Crippen molar-refractivity contribution in [2.24, 2.45) is 0 Å². The summed E-state index contributed by atoms with van der Waals surface area (Å²) >= 11 is 0. The van der Waals surface area contributed by atoms with Gasteiger partial charge in [-0.15, -0.1) is 0 Å². The first kappa shape index (κ1) is 21.4. The Kier molecular flexibility index (Phi) is 9.84. The van der Waals surface area contributed by atoms with Crippen molar-refractivity contribution in [2.75, 3.05) is 13.6 Å². The number of unbranched alkanes of at least 4 members (excludes halogenated alkanes) is 4. The molecule has 24 heavy (non-hydrogen) atoms. The minimum Gasteiger partial charge on any atom is -0.242 e. The van der Waals surface area contributed by atoms with Crippen LogP contribution < -0.4 is 0 Å². The lowest BCUT2D eigenvalue weighted by atomic mass is 10.0. The van der Waals surface area contributed by atoms with E-state index in [-0.39, 0.29) is 4.75 Å². The van der Waals surface area contributed by atoms with Gasteiger partial charge < -0.3 is 0 Å². The van der Waals surface area contributed by atoms with Crippen LogP contribution in [0.2, 0.25) is 0 Å². The third kappa shape index (κ3) is 8.43. The topological polar surface area (TPSA) is 20.3 Å². The molecule has 0 aliphatic carbocycles. The number of rotatable bonds is 11. The maximum absolute atomic E-state index is 12.2. The molecule has 0 heterocycles. The molecule has 1 aromatic carbocycles. The van der Waals surface area contributed by atoms with Gasteiger partial charge in [-0.2, -0.15) is 0 Å². The summed E-state index contributed by atoms with van der Waals surface area (Å²) in [5, 5.41) is 0. The smallest absolute Gasteiger partial charge is 0.0994 e. The summed E-state index contributed by atoms with van der Waals surface area (Å²) in [5.74, 6) is 0. The summed E-state index contributed by atoms with van der Waals surface area (Å²) in [6, 6.07) is 9.18. The molecule has 138 valence electrons. The molecule has 0 radical (unpaired) electrons. The van der Waals surface area contributed by atoms with E-state index in [9.17, 15) is 4.21 Å². The Morgan fingerprint density at radius 3 is 1.88 bits per heavy atom. The fraction of sp³-hybridized carbons (Fsp3) is 0.714. The first-order chi connectivity index (χ1) is 11.3. The molecular weight excluding hydrogens is 314 g/mol. The Morgan fingerprint density at radius 1 is 0.875 bits per heavy atom. The molecule has 0 amide bonds. The molecule has 0 fully saturated rings. The molecule has 0 N–H and O–H groups in total. The van der Waals surface area contributed by atoms with Crippen LogP contribution >= 0.6 is 0 Å². The van der Waals surface area contributed by atoms with Gasteiger partial charge in [0.2, 0.25) is 0 Å². The summed E-state index contributed by atoms with van der Waals surface area (Å²) in [6.07, 6.45) is 9.80. The zero-order valence-corrected chi connectivity index (χ0v) is 17.3. The number of hydrogen-bond acceptors (Lipinski definition) is 1. The monoisotopic (exact) mass is 351 g/mol. The van der Waals surface area contributed by atoms with Crippen molar-refractivity contribution in [2.45, 2.75) is 83.8 Å². The molecule has 0 saturated heterocycles. The van der Waals surface area contributed by atoms with Gasteiger partial charge in [-0.1, -0.05) is 50.5 Å². The van der Waals surface area contributed by atoms with Gasteiger partial charge in [-0.05, 0) is 71.0 Å². The van der Waals surface area contributed by atoms with Crippen molar-refractivity contribution in [3.63, 3.8) is 0 Å². The molecule has 1 rings (SSSR count). The summed E-state index contributed by atoms with van der Waals surface area (Å²) in [6.45, 7) is 9.27. The van der Waals surface area contributed by atoms with Gasteiger partial charge >= 0.3 is 0 Å². The average Bonchev–Trinajstić information content (AvgIpc) is 2.55. The number of hydrogen-bond donors (Lipinski definition) is 0. The van der Waals surface area contributed by atoms with E-state index >= 15 is 0 Å². The van der Waals surface area contributed by atoms with Gasteiger partial charge in [0.05, 0.1) is 15.7 Å². The van der Waals surface area contributed by atoms with Crippen LogP contribution in [0, 0.1) is 0 Å². The molecule has 0 aliphatic rings. The standard InChI is InChI=1S/C21H37NOS/c1-6-7-12-19-14-16-20(17-15-19)13-10-8-9-11-18-22(5)24(23)21(2,3)4/h14-17H,6-13,18H2,1-5H3. The highest BCUT2D eigenvalue weighted by atomic mass is 32.2. The van der Waals surface area contributed by atoms with Crippen LogP contribution in [0.15, 0.2) is 24.3 Å². The first-order valence-electron chi connectivity index (χ1n) is 9.55. The molecule has 0 spiro atoms. The van der Waals surface area contributed by atoms with Crippen molar-refractivity contribution in [1.29, 1.82) is 0 Å². The highest BCUT2D eigenvalue weighted by Crippen LogP contribution is 2.15. The lowest BCUT2D eigenvalue weighted by molar-refractivity contribution is 0.473. The van der Waals surface area contributed by atoms with E-state index in [1.807, 2.05) is 32.1 Å². The maximum Gasteiger partial charge on any atom is 0.0994 e. The van der Waals surface area contributed by atoms with Crippen molar-refractivity contribution in [1.82, 2.24) is 4.31 Å². The molecule has 1 unspecified atom stereocenters. The van der Waals surface area contributed by atoms with Gasteiger partial charge in [0.25, 0.3) is 0 Å². The minimum atomic E-state index is -0.891. The third-order valence-electron chi connectivity index (χ3n) is 4.34. The molecule has 0 saturated carbocycles. The quantitative estimate of drug-likeness (QED) is 0.480. The summed E-state index contributed by atoms with van der Waals surface area (Å²) in [7, 11) is 1.08. The Labute approximate surface area is 152 Å². The fourth-order valence-corrected chi connectivity index (χ4v) is 4.05. The highest BCUT2D eigenvalue weighted by Gasteiger charge is 2.22. The lowest BCUT2D eigenvalue weighted by Gasteiger charge is -2.25. The predicted octanol–water partition coefficient (Wildman–Crippen LogP) is 5.53. The largest absolute Gasteiger partial charge is 0.242 e. The van der Waals surface area contributed by atoms with Crippen LogP contribution in [0.3, 0.4) is 0 Å². The van der Waals surface area contributed by atoms with E-state index in [1.165, 1.54) is 56.1 Å². The fourth-order valence-electron chi connectivity index (χ4n) is 2.82. The zero-order chi connectivity index (χ0) is 18.0. The van der Waals surface area contributed by atoms with Crippen LogP contribution in [0.25, 0.3) is 0 Å². The highest BCUT2D eigenvalue weighted by molar-refractivity contribution is 7.84. The minimum absolute atomic E-state index is 0.155. The summed E-state index contributed by atoms with van der Waals surface area (Å²) in [4.78, 5) is 0. The molecule has 0 bridgehead atoms. The van der Waals surface area contributed by atoms with Crippen molar-refractivity contribution in [3.05, 3.63) is 35.4 Å². The van der Waals surface area contributed by atoms with Crippen molar-refractivity contribution < 1.29 is 4.21 Å². The van der Waals surface area contributed by atoms with E-state index in [4.69, 9.17) is 0 Å². The third-order valence-corrected chi connectivity index (χ3v) is 6.13. The number of aryl methyl sites for hydroxylation is 2. The summed E-state index contributed by atoms with van der Waals surface area (Å²) in [5.41, 5.74) is 2.93. The van der Waals surface area contributed by atoms with Gasteiger partial charge in [0.1, 0.15) is 0 Å². The number of nitrogens with zero attached hydrogens (tertiary/aromatic N) is 1. The molecule has 1 aromatic rings. The molecule has 1 atom stereocenters. The molecule has 0 aliphatic heterocycles. The lowest BCUT2D eigenvalue weighted by Crippen LogP contribution is -2.35. The van der Waals surface area contributed by atoms with Gasteiger partial charge in [0.15, 0.2) is 0 Å². The normalized spacial score (nSPS) is 13.4. The van der Waals surface area contributed by atoms with Crippen LogP contribution in [0.1, 0.15) is 77.3 Å². The van der Waals surface area contributed by atoms with Gasteiger partial charge in [-0.3, -0.25) is 0 Å². The van der Waals surface area contributed by atoms with E-state index in [0.29, 0.717) is 0 Å². The van der Waals surface area contributed by atoms with Crippen LogP contribution in [-0.4, -0.2) is 26.9 Å². The number of benzene rings is 1. The van der Waals surface area contributed by atoms with Crippen LogP contribution in [0.5, 0.6) is 0 Å². The Hall–Kier alpha value is -0.670. The van der Waals surface area contributed by atoms with E-state index in [0.717, 1.165) is 13.0 Å². The molecule has 0 aromatic heterocycles. The predicted molar refractivity (Wildman–Crippen MR) is 108 cm³/mol. The van der Waals surface area contributed by atoms with Gasteiger partial charge in [-0.25, -0.2) is 8.51 Å². The van der Waals surface area contributed by atoms with Crippen LogP contribution in [0.4, 0.5) is 0 Å². The Balaban J connectivity index is 2.15. The van der Waals surface area contributed by atoms with E-state index in [2.05, 4.69) is 31.2 Å². The van der Waals surface area contributed by atoms with Crippen molar-refractivity contribution in [3.8, 4) is 0 Å². The first-order valence-corrected chi connectivity index (χ1v) is 10.7. The second kappa shape index (κ2) is 11.0. The van der Waals surface area contributed by atoms with E-state index in [1.54, 1.807) is 0 Å². The maximum atomic E-state index is 12.2. The average molecular weight is 352 g/mol.